The van der Waals surface area contributed by atoms with E-state index in [-0.39, 0.29) is 5.82 Å². The van der Waals surface area contributed by atoms with Crippen molar-refractivity contribution in [3.8, 4) is 5.00 Å². The minimum Gasteiger partial charge on any atom is -0.481 e. The average Bonchev–Trinajstić information content (AvgIpc) is 3.35. The molecule has 0 spiro atoms. The van der Waals surface area contributed by atoms with Gasteiger partial charge in [0.05, 0.1) is 11.6 Å². The first kappa shape index (κ1) is 24.8. The number of carboxylic acids is 1. The second kappa shape index (κ2) is 9.55. The molecule has 0 bridgehead atoms. The third-order valence-electron chi connectivity index (χ3n) is 7.07. The molecule has 2 aromatic carbocycles. The molecule has 190 valence electrons. The lowest BCUT2D eigenvalue weighted by atomic mass is 9.95. The quantitative estimate of drug-likeness (QED) is 0.331. The summed E-state index contributed by atoms with van der Waals surface area (Å²) in [6, 6.07) is 13.7. The Labute approximate surface area is 218 Å². The van der Waals surface area contributed by atoms with E-state index in [9.17, 15) is 14.3 Å². The van der Waals surface area contributed by atoms with Crippen molar-refractivity contribution in [1.29, 1.82) is 0 Å². The number of thiophene rings is 1. The lowest BCUT2D eigenvalue weighted by Gasteiger charge is -2.20. The standard InChI is InChI=1S/C28H28FN5O2S/c1-6-22(28(35)36)25-26-32-31-17(4)34(26)27-23(15(2)16(3)37-27)24(30-25)18-7-11-20(12-8-18)33(5)21-13-9-19(29)10-14-21/h7-14,22,25H,6H2,1-5H3,(H,35,36)/t22?,25-/m0/s1. The van der Waals surface area contributed by atoms with Crippen molar-refractivity contribution in [3.63, 3.8) is 0 Å². The Morgan fingerprint density at radius 1 is 1.08 bits per heavy atom. The van der Waals surface area contributed by atoms with Gasteiger partial charge in [-0.3, -0.25) is 14.4 Å². The summed E-state index contributed by atoms with van der Waals surface area (Å²) >= 11 is 1.64. The molecule has 1 N–H and O–H groups in total. The second-order valence-electron chi connectivity index (χ2n) is 9.26. The highest BCUT2D eigenvalue weighted by Gasteiger charge is 2.37. The van der Waals surface area contributed by atoms with Gasteiger partial charge in [0, 0.05) is 34.4 Å². The maximum absolute atomic E-state index is 13.4. The smallest absolute Gasteiger partial charge is 0.309 e. The van der Waals surface area contributed by atoms with E-state index in [0.29, 0.717) is 18.1 Å². The molecule has 2 aromatic heterocycles. The van der Waals surface area contributed by atoms with E-state index in [0.717, 1.165) is 43.7 Å². The van der Waals surface area contributed by atoms with Crippen LogP contribution in [0.2, 0.25) is 0 Å². The topological polar surface area (TPSA) is 83.6 Å². The lowest BCUT2D eigenvalue weighted by molar-refractivity contribution is -0.142. The summed E-state index contributed by atoms with van der Waals surface area (Å²) in [7, 11) is 1.93. The van der Waals surface area contributed by atoms with E-state index in [1.54, 1.807) is 23.5 Å². The number of anilines is 2. The number of halogens is 1. The van der Waals surface area contributed by atoms with E-state index in [4.69, 9.17) is 4.99 Å². The molecule has 2 atom stereocenters. The number of hydrogen-bond donors (Lipinski definition) is 1. The summed E-state index contributed by atoms with van der Waals surface area (Å²) in [5, 5.41) is 19.7. The molecule has 0 saturated carbocycles. The van der Waals surface area contributed by atoms with Gasteiger partial charge in [-0.15, -0.1) is 21.5 Å². The molecule has 0 radical (unpaired) electrons. The minimum atomic E-state index is -0.905. The normalized spacial score (nSPS) is 15.4. The van der Waals surface area contributed by atoms with Crippen LogP contribution < -0.4 is 4.90 Å². The zero-order chi connectivity index (χ0) is 26.4. The van der Waals surface area contributed by atoms with Crippen LogP contribution in [-0.4, -0.2) is 38.6 Å². The molecular weight excluding hydrogens is 489 g/mol. The van der Waals surface area contributed by atoms with Crippen LogP contribution in [0.1, 0.15) is 52.6 Å². The molecule has 0 aliphatic carbocycles. The predicted octanol–water partition coefficient (Wildman–Crippen LogP) is 6.16. The van der Waals surface area contributed by atoms with Crippen molar-refractivity contribution in [1.82, 2.24) is 14.8 Å². The SMILES string of the molecule is CCC(C(=O)O)[C@@H]1N=C(c2ccc(N(C)c3ccc(F)cc3)cc2)c2c(sc(C)c2C)-n2c(C)nnc21. The van der Waals surface area contributed by atoms with Crippen LogP contribution in [0, 0.1) is 32.5 Å². The highest BCUT2D eigenvalue weighted by molar-refractivity contribution is 7.15. The van der Waals surface area contributed by atoms with Crippen LogP contribution >= 0.6 is 11.3 Å². The van der Waals surface area contributed by atoms with Gasteiger partial charge >= 0.3 is 5.97 Å². The van der Waals surface area contributed by atoms with E-state index in [1.807, 2.05) is 54.6 Å². The summed E-state index contributed by atoms with van der Waals surface area (Å²) in [4.78, 5) is 20.5. The highest BCUT2D eigenvalue weighted by atomic mass is 32.1. The molecule has 0 saturated heterocycles. The molecule has 4 aromatic rings. The van der Waals surface area contributed by atoms with Gasteiger partial charge in [-0.1, -0.05) is 19.1 Å². The van der Waals surface area contributed by atoms with Crippen molar-refractivity contribution < 1.29 is 14.3 Å². The number of aliphatic imine (C=N–C) groups is 1. The number of aryl methyl sites for hydroxylation is 2. The molecule has 3 heterocycles. The van der Waals surface area contributed by atoms with E-state index < -0.39 is 17.9 Å². The Kier molecular flexibility index (Phi) is 6.41. The van der Waals surface area contributed by atoms with Gasteiger partial charge in [-0.05, 0) is 69.2 Å². The summed E-state index contributed by atoms with van der Waals surface area (Å²) in [5.74, 6) is -0.663. The first-order valence-corrected chi connectivity index (χ1v) is 13.0. The third kappa shape index (κ3) is 4.23. The van der Waals surface area contributed by atoms with Crippen LogP contribution in [0.3, 0.4) is 0 Å². The Bertz CT molecular complexity index is 1500. The zero-order valence-corrected chi connectivity index (χ0v) is 22.2. The van der Waals surface area contributed by atoms with Gasteiger partial charge < -0.3 is 10.0 Å². The van der Waals surface area contributed by atoms with Gasteiger partial charge in [0.1, 0.15) is 22.7 Å². The van der Waals surface area contributed by atoms with Gasteiger partial charge in [-0.25, -0.2) is 4.39 Å². The van der Waals surface area contributed by atoms with E-state index in [2.05, 4.69) is 24.0 Å². The number of nitrogens with zero attached hydrogens (tertiary/aromatic N) is 5. The first-order valence-electron chi connectivity index (χ1n) is 12.1. The van der Waals surface area contributed by atoms with Crippen LogP contribution in [0.25, 0.3) is 5.00 Å². The van der Waals surface area contributed by atoms with Crippen LogP contribution in [0.4, 0.5) is 15.8 Å². The largest absolute Gasteiger partial charge is 0.481 e. The molecule has 9 heteroatoms. The highest BCUT2D eigenvalue weighted by Crippen LogP contribution is 2.41. The maximum atomic E-state index is 13.4. The number of benzene rings is 2. The fourth-order valence-electron chi connectivity index (χ4n) is 4.81. The Balaban J connectivity index is 1.66. The van der Waals surface area contributed by atoms with Gasteiger partial charge in [-0.2, -0.15) is 0 Å². The predicted molar refractivity (Wildman–Crippen MR) is 144 cm³/mol. The first-order chi connectivity index (χ1) is 17.7. The maximum Gasteiger partial charge on any atom is 0.309 e. The van der Waals surface area contributed by atoms with Gasteiger partial charge in [0.2, 0.25) is 0 Å². The number of fused-ring (bicyclic) bond motifs is 3. The number of rotatable bonds is 6. The van der Waals surface area contributed by atoms with Crippen LogP contribution in [0.5, 0.6) is 0 Å². The van der Waals surface area contributed by atoms with Crippen LogP contribution in [0.15, 0.2) is 53.5 Å². The minimum absolute atomic E-state index is 0.275. The Morgan fingerprint density at radius 3 is 2.30 bits per heavy atom. The van der Waals surface area contributed by atoms with Crippen LogP contribution in [-0.2, 0) is 4.79 Å². The van der Waals surface area contributed by atoms with Gasteiger partial charge in [0.25, 0.3) is 0 Å². The molecule has 1 aliphatic rings. The summed E-state index contributed by atoms with van der Waals surface area (Å²) in [5.41, 5.74) is 5.53. The summed E-state index contributed by atoms with van der Waals surface area (Å²) in [6.07, 6.45) is 0.412. The number of carboxylic acid groups (broad SMARTS) is 1. The average molecular weight is 518 g/mol. The number of hydrogen-bond acceptors (Lipinski definition) is 6. The molecule has 0 fully saturated rings. The van der Waals surface area contributed by atoms with E-state index in [1.165, 1.54) is 12.1 Å². The Morgan fingerprint density at radius 2 is 1.70 bits per heavy atom. The van der Waals surface area contributed by atoms with Gasteiger partial charge in [0.15, 0.2) is 5.82 Å². The third-order valence-corrected chi connectivity index (χ3v) is 8.26. The summed E-state index contributed by atoms with van der Waals surface area (Å²) < 4.78 is 15.4. The molecule has 0 amide bonds. The number of aromatic nitrogens is 3. The zero-order valence-electron chi connectivity index (χ0n) is 21.4. The molecule has 37 heavy (non-hydrogen) atoms. The monoisotopic (exact) mass is 517 g/mol. The van der Waals surface area contributed by atoms with Crippen molar-refractivity contribution in [2.45, 2.75) is 40.2 Å². The van der Waals surface area contributed by atoms with E-state index >= 15 is 0 Å². The molecule has 1 unspecified atom stereocenters. The number of carbonyl (C=O) groups is 1. The van der Waals surface area contributed by atoms with Crippen molar-refractivity contribution in [2.75, 3.05) is 11.9 Å². The number of aliphatic carboxylic acids is 1. The molecule has 7 nitrogen and oxygen atoms in total. The van der Waals surface area contributed by atoms with Crippen molar-refractivity contribution >= 4 is 34.4 Å². The fourth-order valence-corrected chi connectivity index (χ4v) is 6.02. The lowest BCUT2D eigenvalue weighted by Crippen LogP contribution is -2.23. The molecule has 5 rings (SSSR count). The Hall–Kier alpha value is -3.85. The molecular formula is C28H28FN5O2S. The fraction of sp³-hybridized carbons (Fsp3) is 0.286. The molecule has 1 aliphatic heterocycles. The second-order valence-corrected chi connectivity index (χ2v) is 10.5. The summed E-state index contributed by atoms with van der Waals surface area (Å²) in [6.45, 7) is 7.90. The van der Waals surface area contributed by atoms with Crippen molar-refractivity contribution in [2.24, 2.45) is 10.9 Å². The van der Waals surface area contributed by atoms with Crippen molar-refractivity contribution in [3.05, 3.63) is 87.6 Å².